The molecule has 0 aliphatic carbocycles. The van der Waals surface area contributed by atoms with Crippen LogP contribution < -0.4 is 4.74 Å². The first-order valence-electron chi connectivity index (χ1n) is 8.97. The highest BCUT2D eigenvalue weighted by atomic mass is 35.5. The van der Waals surface area contributed by atoms with Gasteiger partial charge in [0.25, 0.3) is 0 Å². The number of rotatable bonds is 6. The van der Waals surface area contributed by atoms with Gasteiger partial charge in [-0.15, -0.1) is 0 Å². The van der Waals surface area contributed by atoms with Crippen molar-refractivity contribution < 1.29 is 4.74 Å². The van der Waals surface area contributed by atoms with Gasteiger partial charge in [-0.25, -0.2) is 14.5 Å². The van der Waals surface area contributed by atoms with Crippen molar-refractivity contribution in [3.05, 3.63) is 40.9 Å². The molecule has 3 aromatic heterocycles. The predicted octanol–water partition coefficient (Wildman–Crippen LogP) is 5.12. The maximum absolute atomic E-state index is 6.17. The number of fused-ring (bicyclic) bond motifs is 1. The zero-order valence-electron chi connectivity index (χ0n) is 16.0. The lowest BCUT2D eigenvalue weighted by Gasteiger charge is -2.16. The molecule has 0 unspecified atom stereocenters. The van der Waals surface area contributed by atoms with Crippen LogP contribution in [-0.4, -0.2) is 26.2 Å². The zero-order valence-corrected chi connectivity index (χ0v) is 16.7. The van der Waals surface area contributed by atoms with Gasteiger partial charge in [0.05, 0.1) is 29.9 Å². The van der Waals surface area contributed by atoms with Crippen LogP contribution in [0.5, 0.6) is 5.75 Å². The molecular formula is C20H25ClN4O. The quantitative estimate of drug-likeness (QED) is 0.602. The summed E-state index contributed by atoms with van der Waals surface area (Å²) < 4.78 is 7.68. The number of halogens is 1. The van der Waals surface area contributed by atoms with Gasteiger partial charge in [0.15, 0.2) is 10.8 Å². The van der Waals surface area contributed by atoms with Gasteiger partial charge < -0.3 is 4.74 Å². The lowest BCUT2D eigenvalue weighted by molar-refractivity contribution is 0.237. The van der Waals surface area contributed by atoms with E-state index in [1.54, 1.807) is 10.6 Å². The Balaban J connectivity index is 1.86. The summed E-state index contributed by atoms with van der Waals surface area (Å²) in [5.74, 6) is 2.01. The first kappa shape index (κ1) is 18.6. The molecule has 0 bridgehead atoms. The second kappa shape index (κ2) is 7.62. The lowest BCUT2D eigenvalue weighted by atomic mass is 10.00. The van der Waals surface area contributed by atoms with Gasteiger partial charge in [-0.1, -0.05) is 32.4 Å². The van der Waals surface area contributed by atoms with Crippen LogP contribution >= 0.6 is 11.6 Å². The van der Waals surface area contributed by atoms with Crippen molar-refractivity contribution in [2.45, 2.75) is 41.0 Å². The third-order valence-corrected chi connectivity index (χ3v) is 4.41. The minimum absolute atomic E-state index is 0.409. The molecule has 1 atom stereocenters. The predicted molar refractivity (Wildman–Crippen MR) is 105 cm³/mol. The molecule has 6 heteroatoms. The van der Waals surface area contributed by atoms with Crippen molar-refractivity contribution >= 4 is 17.2 Å². The second-order valence-electron chi connectivity index (χ2n) is 7.36. The van der Waals surface area contributed by atoms with E-state index in [-0.39, 0.29) is 0 Å². The zero-order chi connectivity index (χ0) is 18.8. The molecule has 138 valence electrons. The van der Waals surface area contributed by atoms with Gasteiger partial charge in [0.1, 0.15) is 5.75 Å². The highest BCUT2D eigenvalue weighted by molar-refractivity contribution is 6.29. The monoisotopic (exact) mass is 372 g/mol. The fourth-order valence-corrected chi connectivity index (χ4v) is 3.40. The number of aryl methyl sites for hydroxylation is 2. The van der Waals surface area contributed by atoms with Crippen LogP contribution in [0.25, 0.3) is 16.9 Å². The molecule has 0 aliphatic heterocycles. The Morgan fingerprint density at radius 3 is 2.62 bits per heavy atom. The Morgan fingerprint density at radius 2 is 1.92 bits per heavy atom. The number of pyridine rings is 1. The van der Waals surface area contributed by atoms with E-state index in [2.05, 4.69) is 30.9 Å². The van der Waals surface area contributed by atoms with Gasteiger partial charge in [-0.05, 0) is 50.3 Å². The molecule has 0 spiro atoms. The molecule has 5 nitrogen and oxygen atoms in total. The van der Waals surface area contributed by atoms with Crippen LogP contribution in [0.2, 0.25) is 5.15 Å². The van der Waals surface area contributed by atoms with Crippen molar-refractivity contribution in [2.24, 2.45) is 11.8 Å². The van der Waals surface area contributed by atoms with E-state index in [9.17, 15) is 0 Å². The fourth-order valence-electron chi connectivity index (χ4n) is 3.20. The molecule has 0 fully saturated rings. The molecule has 3 rings (SSSR count). The van der Waals surface area contributed by atoms with Gasteiger partial charge in [-0.2, -0.15) is 5.10 Å². The molecule has 0 saturated carbocycles. The van der Waals surface area contributed by atoms with Gasteiger partial charge in [-0.3, -0.25) is 0 Å². The largest absolute Gasteiger partial charge is 0.491 e. The molecule has 3 aromatic rings. The fraction of sp³-hybridized carbons (Fsp3) is 0.450. The topological polar surface area (TPSA) is 52.3 Å². The third kappa shape index (κ3) is 4.15. The number of aromatic nitrogens is 4. The van der Waals surface area contributed by atoms with E-state index in [1.165, 1.54) is 0 Å². The van der Waals surface area contributed by atoms with Crippen molar-refractivity contribution in [1.29, 1.82) is 0 Å². The second-order valence-corrected chi connectivity index (χ2v) is 7.74. The Kier molecular flexibility index (Phi) is 5.47. The van der Waals surface area contributed by atoms with E-state index < -0.39 is 0 Å². The van der Waals surface area contributed by atoms with Gasteiger partial charge >= 0.3 is 0 Å². The van der Waals surface area contributed by atoms with Crippen LogP contribution in [0.15, 0.2) is 24.4 Å². The molecule has 0 amide bonds. The molecular weight excluding hydrogens is 348 g/mol. The van der Waals surface area contributed by atoms with Crippen LogP contribution in [-0.2, 0) is 0 Å². The molecule has 0 N–H and O–H groups in total. The van der Waals surface area contributed by atoms with Crippen LogP contribution in [0.3, 0.4) is 0 Å². The lowest BCUT2D eigenvalue weighted by Crippen LogP contribution is -2.11. The van der Waals surface area contributed by atoms with Gasteiger partial charge in [0, 0.05) is 5.56 Å². The van der Waals surface area contributed by atoms with Crippen molar-refractivity contribution in [3.63, 3.8) is 0 Å². The van der Waals surface area contributed by atoms with E-state index in [1.807, 2.05) is 32.2 Å². The highest BCUT2D eigenvalue weighted by Gasteiger charge is 2.13. The standard InChI is InChI=1S/C20H25ClN4O/c1-12(2)8-13(3)11-26-18-7-6-17(23-15(18)5)16-9-19(21)24-25-10-14(4)22-20(16)25/h6-7,9-10,12-13H,8,11H2,1-5H3/t13-/m1/s1. The van der Waals surface area contributed by atoms with Gasteiger partial charge in [0.2, 0.25) is 0 Å². The van der Waals surface area contributed by atoms with E-state index in [4.69, 9.17) is 21.3 Å². The number of ether oxygens (including phenoxy) is 1. The smallest absolute Gasteiger partial charge is 0.163 e. The average Bonchev–Trinajstić information content (AvgIpc) is 2.92. The summed E-state index contributed by atoms with van der Waals surface area (Å²) >= 11 is 6.17. The normalized spacial score (nSPS) is 12.7. The molecule has 0 radical (unpaired) electrons. The molecule has 0 aromatic carbocycles. The third-order valence-electron chi connectivity index (χ3n) is 4.23. The molecule has 0 aliphatic rings. The minimum atomic E-state index is 0.409. The summed E-state index contributed by atoms with van der Waals surface area (Å²) in [6, 6.07) is 5.72. The summed E-state index contributed by atoms with van der Waals surface area (Å²) in [4.78, 5) is 9.26. The summed E-state index contributed by atoms with van der Waals surface area (Å²) in [5, 5.41) is 4.67. The van der Waals surface area contributed by atoms with Crippen molar-refractivity contribution in [1.82, 2.24) is 19.6 Å². The van der Waals surface area contributed by atoms with Crippen LogP contribution in [0.1, 0.15) is 38.6 Å². The molecule has 0 saturated heterocycles. The first-order chi connectivity index (χ1) is 12.3. The van der Waals surface area contributed by atoms with Crippen molar-refractivity contribution in [2.75, 3.05) is 6.61 Å². The Hall–Kier alpha value is -2.14. The minimum Gasteiger partial charge on any atom is -0.491 e. The number of imidazole rings is 1. The summed E-state index contributed by atoms with van der Waals surface area (Å²) in [6.07, 6.45) is 3.00. The Bertz CT molecular complexity index is 920. The first-order valence-corrected chi connectivity index (χ1v) is 9.34. The maximum Gasteiger partial charge on any atom is 0.163 e. The molecule has 26 heavy (non-hydrogen) atoms. The summed E-state index contributed by atoms with van der Waals surface area (Å²) in [7, 11) is 0. The molecule has 3 heterocycles. The highest BCUT2D eigenvalue weighted by Crippen LogP contribution is 2.28. The SMILES string of the molecule is Cc1cn2nc(Cl)cc(-c3ccc(OC[C@H](C)CC(C)C)c(C)n3)c2n1. The Morgan fingerprint density at radius 1 is 1.15 bits per heavy atom. The Labute approximate surface area is 159 Å². The number of hydrogen-bond donors (Lipinski definition) is 0. The number of nitrogens with zero attached hydrogens (tertiary/aromatic N) is 4. The summed E-state index contributed by atoms with van der Waals surface area (Å²) in [6.45, 7) is 11.3. The van der Waals surface area contributed by atoms with Crippen LogP contribution in [0, 0.1) is 25.7 Å². The van der Waals surface area contributed by atoms with Crippen LogP contribution in [0.4, 0.5) is 0 Å². The number of hydrogen-bond acceptors (Lipinski definition) is 4. The summed E-state index contributed by atoms with van der Waals surface area (Å²) in [5.41, 5.74) is 4.16. The van der Waals surface area contributed by atoms with E-state index >= 15 is 0 Å². The van der Waals surface area contributed by atoms with E-state index in [0.717, 1.165) is 40.5 Å². The van der Waals surface area contributed by atoms with Crippen molar-refractivity contribution in [3.8, 4) is 17.0 Å². The van der Waals surface area contributed by atoms with E-state index in [0.29, 0.717) is 23.6 Å². The average molecular weight is 373 g/mol. The maximum atomic E-state index is 6.17.